The van der Waals surface area contributed by atoms with E-state index in [0.29, 0.717) is 35.4 Å². The molecule has 2 aromatic carbocycles. The minimum atomic E-state index is -1.50. The maximum Gasteiger partial charge on any atom is 0.291 e. The van der Waals surface area contributed by atoms with Gasteiger partial charge in [-0.25, -0.2) is 15.0 Å². The smallest absolute Gasteiger partial charge is 0.291 e. The largest absolute Gasteiger partial charge is 0.491 e. The maximum atomic E-state index is 8.36. The van der Waals surface area contributed by atoms with E-state index >= 15 is 0 Å². The molecule has 4 aromatic rings. The van der Waals surface area contributed by atoms with Crippen LogP contribution in [0.25, 0.3) is 11.3 Å². The van der Waals surface area contributed by atoms with Crippen molar-refractivity contribution in [2.24, 2.45) is 0 Å². The normalized spacial score (nSPS) is 17.4. The highest BCUT2D eigenvalue weighted by molar-refractivity contribution is 6.35. The highest BCUT2D eigenvalue weighted by Crippen LogP contribution is 2.40. The lowest BCUT2D eigenvalue weighted by Gasteiger charge is -2.30. The van der Waals surface area contributed by atoms with E-state index in [-0.39, 0.29) is 6.10 Å². The van der Waals surface area contributed by atoms with Crippen molar-refractivity contribution >= 4 is 23.2 Å². The van der Waals surface area contributed by atoms with Crippen molar-refractivity contribution in [1.29, 1.82) is 0 Å². The topological polar surface area (TPSA) is 198 Å². The predicted molar refractivity (Wildman–Crippen MR) is 142 cm³/mol. The Morgan fingerprint density at radius 3 is 2.34 bits per heavy atom. The molecule has 0 amide bonds. The molecule has 0 bridgehead atoms. The SMILES string of the molecule is Clc1ccc(C2(Cn3ccnc3)OCC(COc3ccc(-c4ccncn4)cc3)O2)c(Cl)c1.O=[N+]([O-])O.O=[N+]([O-])O. The molecule has 3 heterocycles. The fraction of sp³-hybridized carbons (Fsp3) is 0.208. The van der Waals surface area contributed by atoms with Gasteiger partial charge in [-0.15, -0.1) is 20.2 Å². The molecule has 15 nitrogen and oxygen atoms in total. The third-order valence-electron chi connectivity index (χ3n) is 5.32. The van der Waals surface area contributed by atoms with E-state index in [1.54, 1.807) is 30.9 Å². The first-order chi connectivity index (χ1) is 19.6. The molecule has 0 aliphatic carbocycles. The van der Waals surface area contributed by atoms with Crippen LogP contribution in [0.5, 0.6) is 5.75 Å². The summed E-state index contributed by atoms with van der Waals surface area (Å²) in [5.41, 5.74) is 2.55. The Kier molecular flexibility index (Phi) is 11.1. The molecule has 1 saturated heterocycles. The number of benzene rings is 2. The minimum absolute atomic E-state index is 0.290. The van der Waals surface area contributed by atoms with Gasteiger partial charge >= 0.3 is 0 Å². The lowest BCUT2D eigenvalue weighted by molar-refractivity contribution is -0.742. The van der Waals surface area contributed by atoms with Crippen LogP contribution in [-0.2, 0) is 21.8 Å². The number of halogens is 2. The van der Waals surface area contributed by atoms with Crippen LogP contribution < -0.4 is 4.74 Å². The molecule has 0 spiro atoms. The molecule has 1 aliphatic heterocycles. The Hall–Kier alpha value is -4.57. The van der Waals surface area contributed by atoms with Crippen LogP contribution in [0, 0.1) is 20.2 Å². The van der Waals surface area contributed by atoms with E-state index in [1.807, 2.05) is 47.2 Å². The third kappa shape index (κ3) is 9.54. The number of rotatable bonds is 7. The second-order valence-electron chi connectivity index (χ2n) is 8.07. The number of hydrogen-bond acceptors (Lipinski definition) is 10. The van der Waals surface area contributed by atoms with Crippen molar-refractivity contribution in [3.8, 4) is 17.0 Å². The molecule has 2 atom stereocenters. The lowest BCUT2D eigenvalue weighted by atomic mass is 10.1. The van der Waals surface area contributed by atoms with Crippen molar-refractivity contribution < 1.29 is 34.8 Å². The van der Waals surface area contributed by atoms with Crippen molar-refractivity contribution in [3.63, 3.8) is 0 Å². The van der Waals surface area contributed by atoms with Crippen LogP contribution >= 0.6 is 23.2 Å². The second-order valence-corrected chi connectivity index (χ2v) is 8.91. The van der Waals surface area contributed by atoms with E-state index in [0.717, 1.165) is 17.0 Å². The molecule has 2 unspecified atom stereocenters. The Morgan fingerprint density at radius 1 is 1.05 bits per heavy atom. The van der Waals surface area contributed by atoms with E-state index in [2.05, 4.69) is 15.0 Å². The van der Waals surface area contributed by atoms with E-state index < -0.39 is 16.0 Å². The summed E-state index contributed by atoms with van der Waals surface area (Å²) in [6.45, 7) is 1.06. The van der Waals surface area contributed by atoms with Gasteiger partial charge in [0.05, 0.1) is 30.2 Å². The zero-order valence-electron chi connectivity index (χ0n) is 20.9. The van der Waals surface area contributed by atoms with Gasteiger partial charge in [0.2, 0.25) is 5.79 Å². The quantitative estimate of drug-likeness (QED) is 0.223. The summed E-state index contributed by atoms with van der Waals surface area (Å²) in [5.74, 6) is -0.346. The summed E-state index contributed by atoms with van der Waals surface area (Å²) in [7, 11) is 0. The van der Waals surface area contributed by atoms with Crippen LogP contribution in [0.3, 0.4) is 0 Å². The number of aromatic nitrogens is 4. The van der Waals surface area contributed by atoms with Crippen LogP contribution in [0.15, 0.2) is 79.8 Å². The second kappa shape index (κ2) is 14.7. The minimum Gasteiger partial charge on any atom is -0.491 e. The summed E-state index contributed by atoms with van der Waals surface area (Å²) in [6.07, 6.45) is 8.22. The van der Waals surface area contributed by atoms with Gasteiger partial charge in [-0.1, -0.05) is 29.3 Å². The molecule has 0 saturated carbocycles. The number of hydrogen-bond donors (Lipinski definition) is 2. The Labute approximate surface area is 241 Å². The fourth-order valence-corrected chi connectivity index (χ4v) is 4.30. The highest BCUT2D eigenvalue weighted by Gasteiger charge is 2.45. The van der Waals surface area contributed by atoms with Crippen LogP contribution in [-0.4, -0.2) is 59.4 Å². The molecule has 2 aromatic heterocycles. The Balaban J connectivity index is 0.000000515. The highest BCUT2D eigenvalue weighted by atomic mass is 35.5. The number of imidazole rings is 1. The van der Waals surface area contributed by atoms with Crippen molar-refractivity contribution in [2.75, 3.05) is 13.2 Å². The molecule has 41 heavy (non-hydrogen) atoms. The van der Waals surface area contributed by atoms with E-state index in [9.17, 15) is 0 Å². The summed E-state index contributed by atoms with van der Waals surface area (Å²) >= 11 is 12.6. The molecule has 17 heteroatoms. The standard InChI is InChI=1S/C24H20Cl2N4O3.2HNO3/c25-18-3-6-21(22(26)11-18)24(14-30-10-9-28-16-30)32-13-20(33-24)12-31-19-4-1-17(2-5-19)23-7-8-27-15-29-23;2*2-1(3)4/h1-11,15-16,20H,12-14H2;2*(H,2,3,4). The molecular weight excluding hydrogens is 587 g/mol. The third-order valence-corrected chi connectivity index (χ3v) is 5.87. The molecule has 5 rings (SSSR count). The molecule has 1 fully saturated rings. The molecule has 2 N–H and O–H groups in total. The average molecular weight is 609 g/mol. The van der Waals surface area contributed by atoms with Gasteiger partial charge in [0.25, 0.3) is 10.2 Å². The molecule has 216 valence electrons. The van der Waals surface area contributed by atoms with Gasteiger partial charge < -0.3 is 29.2 Å². The maximum absolute atomic E-state index is 8.36. The zero-order chi connectivity index (χ0) is 29.8. The number of nitrogens with zero attached hydrogens (tertiary/aromatic N) is 6. The summed E-state index contributed by atoms with van der Waals surface area (Å²) < 4.78 is 20.5. The van der Waals surface area contributed by atoms with Gasteiger partial charge in [0, 0.05) is 34.7 Å². The predicted octanol–water partition coefficient (Wildman–Crippen LogP) is 4.30. The lowest BCUT2D eigenvalue weighted by Crippen LogP contribution is -2.34. The van der Waals surface area contributed by atoms with Gasteiger partial charge in [-0.05, 0) is 42.5 Å². The first kappa shape index (κ1) is 31.0. The van der Waals surface area contributed by atoms with E-state index in [4.69, 9.17) is 68.1 Å². The van der Waals surface area contributed by atoms with E-state index in [1.165, 1.54) is 6.33 Å². The van der Waals surface area contributed by atoms with Gasteiger partial charge in [0.15, 0.2) is 0 Å². The first-order valence-electron chi connectivity index (χ1n) is 11.5. The van der Waals surface area contributed by atoms with Crippen LogP contribution in [0.4, 0.5) is 0 Å². The molecule has 0 radical (unpaired) electrons. The van der Waals surface area contributed by atoms with Gasteiger partial charge in [-0.3, -0.25) is 0 Å². The molecular formula is C24H22Cl2N6O9. The summed E-state index contributed by atoms with van der Waals surface area (Å²) in [6, 6.07) is 14.9. The summed E-state index contributed by atoms with van der Waals surface area (Å²) in [4.78, 5) is 29.0. The first-order valence-corrected chi connectivity index (χ1v) is 12.2. The van der Waals surface area contributed by atoms with Crippen LogP contribution in [0.1, 0.15) is 5.56 Å². The van der Waals surface area contributed by atoms with Gasteiger partial charge in [-0.2, -0.15) is 0 Å². The zero-order valence-corrected chi connectivity index (χ0v) is 22.4. The Morgan fingerprint density at radius 2 is 1.76 bits per heavy atom. The number of ether oxygens (including phenoxy) is 3. The molecule has 1 aliphatic rings. The average Bonchev–Trinajstić information content (AvgIpc) is 3.58. The summed E-state index contributed by atoms with van der Waals surface area (Å²) in [5, 5.41) is 28.3. The van der Waals surface area contributed by atoms with Gasteiger partial charge in [0.1, 0.15) is 24.8 Å². The monoisotopic (exact) mass is 608 g/mol. The van der Waals surface area contributed by atoms with Crippen molar-refractivity contribution in [2.45, 2.75) is 18.4 Å². The van der Waals surface area contributed by atoms with Crippen molar-refractivity contribution in [1.82, 2.24) is 19.5 Å². The van der Waals surface area contributed by atoms with Crippen molar-refractivity contribution in [3.05, 3.63) is 116 Å². The van der Waals surface area contributed by atoms with Crippen LogP contribution in [0.2, 0.25) is 10.0 Å². The Bertz CT molecular complexity index is 1400. The fourth-order valence-electron chi connectivity index (χ4n) is 3.75.